The van der Waals surface area contributed by atoms with E-state index in [0.717, 1.165) is 44.0 Å². The first-order valence-corrected chi connectivity index (χ1v) is 9.15. The molecule has 0 radical (unpaired) electrons. The number of hydrogen-bond acceptors (Lipinski definition) is 5. The Bertz CT molecular complexity index is 816. The molecule has 142 valence electrons. The summed E-state index contributed by atoms with van der Waals surface area (Å²) in [5, 5.41) is 13.9. The monoisotopic (exact) mass is 368 g/mol. The molecule has 1 aliphatic heterocycles. The van der Waals surface area contributed by atoms with E-state index in [1.54, 1.807) is 12.1 Å². The van der Waals surface area contributed by atoms with Crippen molar-refractivity contribution in [2.45, 2.75) is 13.3 Å². The highest BCUT2D eigenvalue weighted by molar-refractivity contribution is 5.92. The Morgan fingerprint density at radius 1 is 1.11 bits per heavy atom. The van der Waals surface area contributed by atoms with Gasteiger partial charge >= 0.3 is 0 Å². The predicted molar refractivity (Wildman–Crippen MR) is 106 cm³/mol. The lowest BCUT2D eigenvalue weighted by Gasteiger charge is -2.35. The normalized spacial score (nSPS) is 14.8. The molecule has 1 fully saturated rings. The van der Waals surface area contributed by atoms with Gasteiger partial charge in [-0.15, -0.1) is 0 Å². The number of hydrogen-bond donors (Lipinski definition) is 1. The number of nitro groups is 1. The summed E-state index contributed by atoms with van der Waals surface area (Å²) in [4.78, 5) is 27.1. The zero-order valence-electron chi connectivity index (χ0n) is 15.4. The molecule has 2 aromatic carbocycles. The average molecular weight is 368 g/mol. The summed E-state index contributed by atoms with van der Waals surface area (Å²) in [6, 6.07) is 14.6. The van der Waals surface area contributed by atoms with E-state index in [0.29, 0.717) is 6.54 Å². The number of amides is 1. The second-order valence-electron chi connectivity index (χ2n) is 6.64. The Morgan fingerprint density at radius 2 is 1.85 bits per heavy atom. The molecule has 1 heterocycles. The maximum absolute atomic E-state index is 12.3. The van der Waals surface area contributed by atoms with Crippen LogP contribution in [0.2, 0.25) is 0 Å². The van der Waals surface area contributed by atoms with E-state index in [4.69, 9.17) is 0 Å². The van der Waals surface area contributed by atoms with Gasteiger partial charge in [-0.25, -0.2) is 0 Å². The topological polar surface area (TPSA) is 78.7 Å². The molecule has 0 aliphatic carbocycles. The molecule has 0 atom stereocenters. The minimum absolute atomic E-state index is 0.0212. The molecule has 1 aliphatic rings. The van der Waals surface area contributed by atoms with E-state index in [2.05, 4.69) is 22.0 Å². The summed E-state index contributed by atoms with van der Waals surface area (Å²) in [6.07, 6.45) is 0.934. The second-order valence-corrected chi connectivity index (χ2v) is 6.64. The molecule has 1 N–H and O–H groups in total. The van der Waals surface area contributed by atoms with Crippen molar-refractivity contribution >= 4 is 23.0 Å². The van der Waals surface area contributed by atoms with Crippen LogP contribution in [0.25, 0.3) is 0 Å². The van der Waals surface area contributed by atoms with Crippen LogP contribution >= 0.6 is 0 Å². The van der Waals surface area contributed by atoms with Crippen molar-refractivity contribution in [1.82, 2.24) is 4.90 Å². The maximum Gasteiger partial charge on any atom is 0.271 e. The number of piperazine rings is 1. The number of nitrogens with zero attached hydrogens (tertiary/aromatic N) is 3. The summed E-state index contributed by atoms with van der Waals surface area (Å²) in [5.74, 6) is -0.0212. The summed E-state index contributed by atoms with van der Waals surface area (Å²) in [7, 11) is 0. The van der Waals surface area contributed by atoms with E-state index in [9.17, 15) is 14.9 Å². The summed E-state index contributed by atoms with van der Waals surface area (Å²) < 4.78 is 0. The first kappa shape index (κ1) is 18.8. The lowest BCUT2D eigenvalue weighted by molar-refractivity contribution is -0.384. The van der Waals surface area contributed by atoms with Gasteiger partial charge in [-0.3, -0.25) is 19.8 Å². The van der Waals surface area contributed by atoms with Crippen molar-refractivity contribution in [2.75, 3.05) is 42.9 Å². The van der Waals surface area contributed by atoms with Crippen LogP contribution in [0.1, 0.15) is 12.5 Å². The van der Waals surface area contributed by atoms with E-state index in [-0.39, 0.29) is 16.5 Å². The first-order valence-electron chi connectivity index (χ1n) is 9.15. The number of aryl methyl sites for hydroxylation is 1. The SMILES string of the molecule is CCc1cccc(NC(=O)CN2CCN(c3cccc([N+](=O)[O-])c3)CC2)c1. The van der Waals surface area contributed by atoms with Gasteiger partial charge in [0, 0.05) is 49.7 Å². The Hall–Kier alpha value is -2.93. The van der Waals surface area contributed by atoms with Crippen molar-refractivity contribution in [3.05, 3.63) is 64.2 Å². The second kappa shape index (κ2) is 8.64. The fraction of sp³-hybridized carbons (Fsp3) is 0.350. The summed E-state index contributed by atoms with van der Waals surface area (Å²) in [5.41, 5.74) is 2.97. The smallest absolute Gasteiger partial charge is 0.271 e. The van der Waals surface area contributed by atoms with Gasteiger partial charge in [0.15, 0.2) is 0 Å². The van der Waals surface area contributed by atoms with Gasteiger partial charge in [0.05, 0.1) is 11.5 Å². The van der Waals surface area contributed by atoms with Gasteiger partial charge in [0.25, 0.3) is 5.69 Å². The average Bonchev–Trinajstić information content (AvgIpc) is 2.68. The van der Waals surface area contributed by atoms with Crippen LogP contribution in [0.5, 0.6) is 0 Å². The van der Waals surface area contributed by atoms with Crippen molar-refractivity contribution in [3.63, 3.8) is 0 Å². The number of non-ortho nitro benzene ring substituents is 1. The van der Waals surface area contributed by atoms with Gasteiger partial charge in [0.2, 0.25) is 5.91 Å². The molecule has 7 nitrogen and oxygen atoms in total. The van der Waals surface area contributed by atoms with Gasteiger partial charge in [-0.2, -0.15) is 0 Å². The molecule has 0 bridgehead atoms. The number of nitro benzene ring substituents is 1. The quantitative estimate of drug-likeness (QED) is 0.626. The number of benzene rings is 2. The first-order chi connectivity index (χ1) is 13.0. The Labute approximate surface area is 158 Å². The Balaban J connectivity index is 1.51. The van der Waals surface area contributed by atoms with Crippen LogP contribution in [0.15, 0.2) is 48.5 Å². The van der Waals surface area contributed by atoms with Crippen LogP contribution in [-0.4, -0.2) is 48.5 Å². The highest BCUT2D eigenvalue weighted by Gasteiger charge is 2.20. The largest absolute Gasteiger partial charge is 0.369 e. The molecule has 2 aromatic rings. The highest BCUT2D eigenvalue weighted by Crippen LogP contribution is 2.22. The zero-order valence-corrected chi connectivity index (χ0v) is 15.4. The third-order valence-corrected chi connectivity index (χ3v) is 4.76. The van der Waals surface area contributed by atoms with E-state index >= 15 is 0 Å². The standard InChI is InChI=1S/C20H24N4O3/c1-2-16-5-3-6-17(13-16)21-20(25)15-22-9-11-23(12-10-22)18-7-4-8-19(14-18)24(26)27/h3-8,13-14H,2,9-12,15H2,1H3,(H,21,25). The zero-order chi connectivity index (χ0) is 19.2. The van der Waals surface area contributed by atoms with Gasteiger partial charge < -0.3 is 10.2 Å². The number of anilines is 2. The van der Waals surface area contributed by atoms with Crippen LogP contribution in [-0.2, 0) is 11.2 Å². The van der Waals surface area contributed by atoms with Gasteiger partial charge in [-0.05, 0) is 30.2 Å². The fourth-order valence-corrected chi connectivity index (χ4v) is 3.24. The molecule has 7 heteroatoms. The third kappa shape index (κ3) is 5.04. The number of nitrogens with one attached hydrogen (secondary N) is 1. The van der Waals surface area contributed by atoms with E-state index < -0.39 is 0 Å². The highest BCUT2D eigenvalue weighted by atomic mass is 16.6. The van der Waals surface area contributed by atoms with E-state index in [1.807, 2.05) is 30.3 Å². The maximum atomic E-state index is 12.3. The predicted octanol–water partition coefficient (Wildman–Crippen LogP) is 2.92. The Morgan fingerprint density at radius 3 is 2.56 bits per heavy atom. The van der Waals surface area contributed by atoms with Crippen molar-refractivity contribution in [1.29, 1.82) is 0 Å². The molecule has 1 saturated heterocycles. The summed E-state index contributed by atoms with van der Waals surface area (Å²) in [6.45, 7) is 5.39. The molecule has 27 heavy (non-hydrogen) atoms. The van der Waals surface area contributed by atoms with Crippen molar-refractivity contribution < 1.29 is 9.72 Å². The van der Waals surface area contributed by atoms with Crippen LogP contribution in [0.3, 0.4) is 0 Å². The number of carbonyl (C=O) groups excluding carboxylic acids is 1. The lowest BCUT2D eigenvalue weighted by Crippen LogP contribution is -2.48. The van der Waals surface area contributed by atoms with E-state index in [1.165, 1.54) is 11.6 Å². The molecule has 0 saturated carbocycles. The van der Waals surface area contributed by atoms with Gasteiger partial charge in [-0.1, -0.05) is 25.1 Å². The fourth-order valence-electron chi connectivity index (χ4n) is 3.24. The van der Waals surface area contributed by atoms with Crippen LogP contribution in [0, 0.1) is 10.1 Å². The lowest BCUT2D eigenvalue weighted by atomic mass is 10.1. The summed E-state index contributed by atoms with van der Waals surface area (Å²) >= 11 is 0. The number of rotatable bonds is 6. The molecule has 1 amide bonds. The minimum Gasteiger partial charge on any atom is -0.369 e. The third-order valence-electron chi connectivity index (χ3n) is 4.76. The Kier molecular flexibility index (Phi) is 6.03. The molecule has 0 unspecified atom stereocenters. The van der Waals surface area contributed by atoms with Gasteiger partial charge in [0.1, 0.15) is 0 Å². The minimum atomic E-state index is -0.377. The molecule has 0 spiro atoms. The van der Waals surface area contributed by atoms with Crippen LogP contribution < -0.4 is 10.2 Å². The molecule has 3 rings (SSSR count). The van der Waals surface area contributed by atoms with Crippen molar-refractivity contribution in [3.8, 4) is 0 Å². The molecular formula is C20H24N4O3. The van der Waals surface area contributed by atoms with Crippen molar-refractivity contribution in [2.24, 2.45) is 0 Å². The van der Waals surface area contributed by atoms with Crippen LogP contribution in [0.4, 0.5) is 17.1 Å². The number of carbonyl (C=O) groups is 1. The molecule has 0 aromatic heterocycles. The molecular weight excluding hydrogens is 344 g/mol.